The van der Waals surface area contributed by atoms with E-state index in [0.717, 1.165) is 25.1 Å². The summed E-state index contributed by atoms with van der Waals surface area (Å²) in [5.41, 5.74) is 0. The zero-order chi connectivity index (χ0) is 15.2. The summed E-state index contributed by atoms with van der Waals surface area (Å²) in [5, 5.41) is 17.3. The van der Waals surface area contributed by atoms with Crippen LogP contribution in [0.25, 0.3) is 0 Å². The van der Waals surface area contributed by atoms with Gasteiger partial charge >= 0.3 is 0 Å². The van der Waals surface area contributed by atoms with E-state index in [-0.39, 0.29) is 11.8 Å². The first-order valence-electron chi connectivity index (χ1n) is 7.02. The topological polar surface area (TPSA) is 65.2 Å². The molecule has 0 rings (SSSR count). The van der Waals surface area contributed by atoms with Crippen LogP contribution in [0.4, 0.5) is 0 Å². The van der Waals surface area contributed by atoms with Gasteiger partial charge in [-0.25, -0.2) is 0 Å². The molecule has 0 fully saturated rings. The van der Waals surface area contributed by atoms with Gasteiger partial charge in [-0.05, 0) is 31.1 Å². The van der Waals surface area contributed by atoms with Crippen molar-refractivity contribution in [1.82, 2.24) is 5.32 Å². The molecule has 5 heteroatoms. The van der Waals surface area contributed by atoms with Gasteiger partial charge in [0.05, 0.1) is 6.07 Å². The second-order valence-corrected chi connectivity index (χ2v) is 5.68. The first-order chi connectivity index (χ1) is 9.69. The van der Waals surface area contributed by atoms with Crippen molar-refractivity contribution < 1.29 is 0 Å². The maximum absolute atomic E-state index is 10.8. The molecule has 3 unspecified atom stereocenters. The molecule has 0 radical (unpaired) electrons. The third kappa shape index (κ3) is 8.89. The summed E-state index contributed by atoms with van der Waals surface area (Å²) in [7, 11) is 0. The Hall–Kier alpha value is -1.12. The standard InChI is InChI=1S/C15H25N3OS/c1-4-6-7-9-20-10-8-17-15(18-19)11-14(5-2)13(3)12-16/h4,7,9,13-15,17H,1,5-6,8,10-11H2,2-3H3/b9-7-. The van der Waals surface area contributed by atoms with Gasteiger partial charge < -0.3 is 0 Å². The molecule has 20 heavy (non-hydrogen) atoms. The summed E-state index contributed by atoms with van der Waals surface area (Å²) in [4.78, 5) is 10.8. The van der Waals surface area contributed by atoms with Crippen molar-refractivity contribution in [3.63, 3.8) is 0 Å². The molecular weight excluding hydrogens is 270 g/mol. The molecule has 0 aliphatic carbocycles. The second kappa shape index (κ2) is 12.9. The van der Waals surface area contributed by atoms with Crippen LogP contribution in [0.15, 0.2) is 29.3 Å². The lowest BCUT2D eigenvalue weighted by Crippen LogP contribution is -2.32. The predicted molar refractivity (Wildman–Crippen MR) is 87.2 cm³/mol. The summed E-state index contributed by atoms with van der Waals surface area (Å²) >= 11 is 1.69. The van der Waals surface area contributed by atoms with Crippen LogP contribution >= 0.6 is 11.8 Å². The van der Waals surface area contributed by atoms with Crippen LogP contribution in [0.3, 0.4) is 0 Å². The minimum Gasteiger partial charge on any atom is -0.292 e. The number of rotatable bonds is 12. The Morgan fingerprint density at radius 2 is 2.30 bits per heavy atom. The average Bonchev–Trinajstić information content (AvgIpc) is 2.48. The SMILES string of the molecule is C=CC/C=C\SCCNC(CC(CC)C(C)C#N)N=O. The van der Waals surface area contributed by atoms with Gasteiger partial charge in [-0.3, -0.25) is 5.32 Å². The Morgan fingerprint density at radius 3 is 2.85 bits per heavy atom. The van der Waals surface area contributed by atoms with Gasteiger partial charge in [0.1, 0.15) is 6.17 Å². The lowest BCUT2D eigenvalue weighted by molar-refractivity contribution is 0.331. The second-order valence-electron chi connectivity index (χ2n) is 4.66. The minimum atomic E-state index is -0.395. The zero-order valence-electron chi connectivity index (χ0n) is 12.4. The molecule has 0 aromatic rings. The quantitative estimate of drug-likeness (QED) is 0.335. The summed E-state index contributed by atoms with van der Waals surface area (Å²) in [6, 6.07) is 2.25. The summed E-state index contributed by atoms with van der Waals surface area (Å²) in [6.45, 7) is 8.32. The van der Waals surface area contributed by atoms with Crippen molar-refractivity contribution in [2.24, 2.45) is 17.0 Å². The number of nitrogens with one attached hydrogen (secondary N) is 1. The van der Waals surface area contributed by atoms with Crippen LogP contribution in [0.5, 0.6) is 0 Å². The van der Waals surface area contributed by atoms with E-state index in [1.165, 1.54) is 0 Å². The minimum absolute atomic E-state index is 0.0396. The number of nitroso groups, excluding NO2 is 1. The van der Waals surface area contributed by atoms with E-state index in [0.29, 0.717) is 6.42 Å². The Morgan fingerprint density at radius 1 is 1.55 bits per heavy atom. The monoisotopic (exact) mass is 295 g/mol. The Labute approximate surface area is 126 Å². The van der Waals surface area contributed by atoms with E-state index in [1.807, 2.05) is 25.3 Å². The van der Waals surface area contributed by atoms with E-state index in [4.69, 9.17) is 5.26 Å². The number of hydrogen-bond acceptors (Lipinski definition) is 5. The molecule has 0 aromatic heterocycles. The average molecular weight is 295 g/mol. The van der Waals surface area contributed by atoms with E-state index >= 15 is 0 Å². The van der Waals surface area contributed by atoms with Crippen LogP contribution in [0.1, 0.15) is 33.1 Å². The number of thioether (sulfide) groups is 1. The van der Waals surface area contributed by atoms with Gasteiger partial charge in [0.2, 0.25) is 0 Å². The molecule has 0 saturated heterocycles. The van der Waals surface area contributed by atoms with Crippen LogP contribution in [-0.2, 0) is 0 Å². The lowest BCUT2D eigenvalue weighted by Gasteiger charge is -2.20. The highest BCUT2D eigenvalue weighted by atomic mass is 32.2. The molecular formula is C15H25N3OS. The summed E-state index contributed by atoms with van der Waals surface area (Å²) < 4.78 is 0. The van der Waals surface area contributed by atoms with Crippen LogP contribution < -0.4 is 5.32 Å². The van der Waals surface area contributed by atoms with Gasteiger partial charge in [-0.2, -0.15) is 5.26 Å². The van der Waals surface area contributed by atoms with E-state index in [9.17, 15) is 4.91 Å². The van der Waals surface area contributed by atoms with Crippen molar-refractivity contribution in [3.8, 4) is 6.07 Å². The van der Waals surface area contributed by atoms with Crippen molar-refractivity contribution in [1.29, 1.82) is 5.26 Å². The van der Waals surface area contributed by atoms with Crippen molar-refractivity contribution >= 4 is 11.8 Å². The first-order valence-corrected chi connectivity index (χ1v) is 8.07. The number of nitrogens with zero attached hydrogens (tertiary/aromatic N) is 2. The molecule has 1 N–H and O–H groups in total. The largest absolute Gasteiger partial charge is 0.292 e. The Bertz CT molecular complexity index is 339. The molecule has 0 aliphatic heterocycles. The van der Waals surface area contributed by atoms with E-state index in [2.05, 4.69) is 29.2 Å². The third-order valence-corrected chi connectivity index (χ3v) is 4.01. The molecule has 112 valence electrons. The fourth-order valence-electron chi connectivity index (χ4n) is 1.85. The number of hydrogen-bond donors (Lipinski definition) is 1. The van der Waals surface area contributed by atoms with E-state index in [1.54, 1.807) is 11.8 Å². The first kappa shape index (κ1) is 18.9. The van der Waals surface area contributed by atoms with Gasteiger partial charge in [0.15, 0.2) is 0 Å². The highest BCUT2D eigenvalue weighted by Gasteiger charge is 2.20. The third-order valence-electron chi connectivity index (χ3n) is 3.18. The smallest absolute Gasteiger partial charge is 0.142 e. The van der Waals surface area contributed by atoms with Crippen molar-refractivity contribution in [2.45, 2.75) is 39.3 Å². The molecule has 3 atom stereocenters. The van der Waals surface area contributed by atoms with Crippen LogP contribution in [0.2, 0.25) is 0 Å². The fraction of sp³-hybridized carbons (Fsp3) is 0.667. The molecule has 0 spiro atoms. The highest BCUT2D eigenvalue weighted by Crippen LogP contribution is 2.21. The Balaban J connectivity index is 3.95. The van der Waals surface area contributed by atoms with Gasteiger partial charge in [0.25, 0.3) is 0 Å². The fourth-order valence-corrected chi connectivity index (χ4v) is 2.47. The van der Waals surface area contributed by atoms with Gasteiger partial charge in [0, 0.05) is 18.2 Å². The molecule has 4 nitrogen and oxygen atoms in total. The van der Waals surface area contributed by atoms with Crippen molar-refractivity contribution in [2.75, 3.05) is 12.3 Å². The van der Waals surface area contributed by atoms with Crippen LogP contribution in [-0.4, -0.2) is 18.5 Å². The molecule has 0 heterocycles. The molecule has 0 bridgehead atoms. The predicted octanol–water partition coefficient (Wildman–Crippen LogP) is 4.07. The van der Waals surface area contributed by atoms with E-state index < -0.39 is 6.17 Å². The van der Waals surface area contributed by atoms with Crippen molar-refractivity contribution in [3.05, 3.63) is 29.0 Å². The normalized spacial score (nSPS) is 15.4. The number of nitriles is 1. The molecule has 0 aliphatic rings. The van der Waals surface area contributed by atoms with Crippen LogP contribution in [0, 0.1) is 28.1 Å². The highest BCUT2D eigenvalue weighted by molar-refractivity contribution is 8.02. The molecule has 0 aromatic carbocycles. The number of allylic oxidation sites excluding steroid dienone is 2. The molecule has 0 saturated carbocycles. The maximum Gasteiger partial charge on any atom is 0.142 e. The summed E-state index contributed by atoms with van der Waals surface area (Å²) in [6.07, 6.45) is 5.90. The molecule has 0 amide bonds. The Kier molecular flexibility index (Phi) is 12.2. The summed E-state index contributed by atoms with van der Waals surface area (Å²) in [5.74, 6) is 1.07. The maximum atomic E-state index is 10.8. The lowest BCUT2D eigenvalue weighted by atomic mass is 9.89. The van der Waals surface area contributed by atoms with Gasteiger partial charge in [-0.15, -0.1) is 23.2 Å². The zero-order valence-corrected chi connectivity index (χ0v) is 13.2. The van der Waals surface area contributed by atoms with Gasteiger partial charge in [-0.1, -0.05) is 30.7 Å².